The van der Waals surface area contributed by atoms with Gasteiger partial charge in [0.05, 0.1) is 25.4 Å². The first-order chi connectivity index (χ1) is 24.8. The SMILES string of the molecule is CCCCCCCCC/C=C\CCCCC(O)C(=O)NC(COC1OC(CO)C(O)C(O)C1O)C(O)CCCCCCCCCCCCCCC. The van der Waals surface area contributed by atoms with E-state index in [0.717, 1.165) is 44.9 Å². The van der Waals surface area contributed by atoms with E-state index in [4.69, 9.17) is 9.47 Å². The standard InChI is InChI=1S/C41H79NO9/c1-3-5-7-9-11-13-15-17-19-21-23-25-27-29-34(44)33(32-50-41-39(48)38(47)37(46)36(31-43)51-41)42-40(49)35(45)30-28-26-24-22-20-18-16-14-12-10-8-6-4-2/h20,22,33-39,41,43-48H,3-19,21,23-32H2,1-2H3,(H,42,49)/b22-20-. The van der Waals surface area contributed by atoms with Crippen LogP contribution >= 0.6 is 0 Å². The Bertz CT molecular complexity index is 829. The van der Waals surface area contributed by atoms with E-state index >= 15 is 0 Å². The van der Waals surface area contributed by atoms with Gasteiger partial charge in [-0.1, -0.05) is 154 Å². The van der Waals surface area contributed by atoms with E-state index in [0.29, 0.717) is 19.3 Å². The molecule has 0 saturated carbocycles. The van der Waals surface area contributed by atoms with Crippen LogP contribution in [0.3, 0.4) is 0 Å². The fraction of sp³-hybridized carbons (Fsp3) is 0.927. The molecule has 1 aliphatic rings. The Kier molecular flexibility index (Phi) is 30.4. The van der Waals surface area contributed by atoms with Gasteiger partial charge in [0, 0.05) is 0 Å². The Morgan fingerprint density at radius 3 is 1.61 bits per heavy atom. The number of allylic oxidation sites excluding steroid dienone is 2. The molecule has 1 amide bonds. The predicted octanol–water partition coefficient (Wildman–Crippen LogP) is 6.75. The number of carbonyl (C=O) groups is 1. The summed E-state index contributed by atoms with van der Waals surface area (Å²) in [5.74, 6) is -0.601. The molecule has 1 saturated heterocycles. The molecule has 8 unspecified atom stereocenters. The van der Waals surface area contributed by atoms with Crippen molar-refractivity contribution >= 4 is 5.91 Å². The van der Waals surface area contributed by atoms with Crippen molar-refractivity contribution in [1.29, 1.82) is 0 Å². The molecule has 10 heteroatoms. The lowest BCUT2D eigenvalue weighted by molar-refractivity contribution is -0.302. The highest BCUT2D eigenvalue weighted by molar-refractivity contribution is 5.80. The van der Waals surface area contributed by atoms with Crippen LogP contribution in [0.1, 0.15) is 181 Å². The number of hydrogen-bond acceptors (Lipinski definition) is 9. The van der Waals surface area contributed by atoms with Crippen LogP contribution < -0.4 is 5.32 Å². The molecular formula is C41H79NO9. The average Bonchev–Trinajstić information content (AvgIpc) is 3.13. The van der Waals surface area contributed by atoms with Gasteiger partial charge in [-0.3, -0.25) is 4.79 Å². The van der Waals surface area contributed by atoms with Crippen molar-refractivity contribution in [2.24, 2.45) is 0 Å². The van der Waals surface area contributed by atoms with Crippen LogP contribution in [0.15, 0.2) is 12.2 Å². The predicted molar refractivity (Wildman–Crippen MR) is 204 cm³/mol. The zero-order chi connectivity index (χ0) is 37.5. The van der Waals surface area contributed by atoms with E-state index in [1.807, 2.05) is 0 Å². The molecule has 1 fully saturated rings. The average molecular weight is 730 g/mol. The third-order valence-corrected chi connectivity index (χ3v) is 10.2. The van der Waals surface area contributed by atoms with Crippen molar-refractivity contribution in [3.05, 3.63) is 12.2 Å². The summed E-state index contributed by atoms with van der Waals surface area (Å²) in [7, 11) is 0. The van der Waals surface area contributed by atoms with Crippen molar-refractivity contribution < 1.29 is 44.9 Å². The normalized spacial score (nSPS) is 22.7. The van der Waals surface area contributed by atoms with Gasteiger partial charge in [0.15, 0.2) is 6.29 Å². The molecule has 1 rings (SSSR count). The van der Waals surface area contributed by atoms with Crippen molar-refractivity contribution in [2.45, 2.75) is 230 Å². The summed E-state index contributed by atoms with van der Waals surface area (Å²) < 4.78 is 11.1. The maximum absolute atomic E-state index is 13.0. The number of nitrogens with one attached hydrogen (secondary N) is 1. The minimum absolute atomic E-state index is 0.260. The Hall–Kier alpha value is -1.11. The monoisotopic (exact) mass is 730 g/mol. The maximum Gasteiger partial charge on any atom is 0.249 e. The number of carbonyl (C=O) groups excluding carboxylic acids is 1. The number of amides is 1. The second-order valence-electron chi connectivity index (χ2n) is 14.9. The van der Waals surface area contributed by atoms with Gasteiger partial charge in [-0.25, -0.2) is 0 Å². The van der Waals surface area contributed by atoms with Crippen molar-refractivity contribution in [3.63, 3.8) is 0 Å². The molecule has 0 radical (unpaired) electrons. The highest BCUT2D eigenvalue weighted by Gasteiger charge is 2.44. The molecule has 51 heavy (non-hydrogen) atoms. The maximum atomic E-state index is 13.0. The zero-order valence-electron chi connectivity index (χ0n) is 32.5. The number of hydrogen-bond donors (Lipinski definition) is 7. The summed E-state index contributed by atoms with van der Waals surface area (Å²) in [5.41, 5.74) is 0. The number of aliphatic hydroxyl groups is 6. The minimum atomic E-state index is -1.60. The van der Waals surface area contributed by atoms with Crippen LogP contribution in [-0.2, 0) is 14.3 Å². The quantitative estimate of drug-likeness (QED) is 0.0280. The van der Waals surface area contributed by atoms with E-state index in [1.54, 1.807) is 0 Å². The van der Waals surface area contributed by atoms with E-state index < -0.39 is 61.5 Å². The van der Waals surface area contributed by atoms with Crippen LogP contribution in [0.5, 0.6) is 0 Å². The molecule has 302 valence electrons. The van der Waals surface area contributed by atoms with E-state index in [2.05, 4.69) is 31.3 Å². The van der Waals surface area contributed by atoms with Crippen LogP contribution in [-0.4, -0.2) is 98.7 Å². The minimum Gasteiger partial charge on any atom is -0.394 e. The van der Waals surface area contributed by atoms with Gasteiger partial charge >= 0.3 is 0 Å². The molecule has 0 aromatic rings. The second-order valence-corrected chi connectivity index (χ2v) is 14.9. The topological polar surface area (TPSA) is 169 Å². The van der Waals surface area contributed by atoms with Crippen LogP contribution in [0.25, 0.3) is 0 Å². The molecule has 1 heterocycles. The van der Waals surface area contributed by atoms with E-state index in [9.17, 15) is 35.4 Å². The first-order valence-electron chi connectivity index (χ1n) is 21.0. The van der Waals surface area contributed by atoms with Gasteiger partial charge < -0.3 is 45.4 Å². The van der Waals surface area contributed by atoms with E-state index in [-0.39, 0.29) is 6.61 Å². The molecule has 0 bridgehead atoms. The fourth-order valence-corrected chi connectivity index (χ4v) is 6.69. The fourth-order valence-electron chi connectivity index (χ4n) is 6.69. The van der Waals surface area contributed by atoms with Gasteiger partial charge in [-0.05, 0) is 38.5 Å². The summed E-state index contributed by atoms with van der Waals surface area (Å²) in [4.78, 5) is 13.0. The first-order valence-corrected chi connectivity index (χ1v) is 21.0. The summed E-state index contributed by atoms with van der Waals surface area (Å²) in [5, 5.41) is 64.5. The van der Waals surface area contributed by atoms with Gasteiger partial charge in [0.1, 0.15) is 30.5 Å². The molecule has 8 atom stereocenters. The van der Waals surface area contributed by atoms with E-state index in [1.165, 1.54) is 103 Å². The molecular weight excluding hydrogens is 650 g/mol. The molecule has 0 spiro atoms. The molecule has 0 aromatic heterocycles. The molecule has 0 aromatic carbocycles. The van der Waals surface area contributed by atoms with Crippen LogP contribution in [0, 0.1) is 0 Å². The molecule has 0 aliphatic carbocycles. The smallest absolute Gasteiger partial charge is 0.249 e. The lowest BCUT2D eigenvalue weighted by Gasteiger charge is -2.40. The summed E-state index contributed by atoms with van der Waals surface area (Å²) >= 11 is 0. The molecule has 1 aliphatic heterocycles. The van der Waals surface area contributed by atoms with Gasteiger partial charge in [0.25, 0.3) is 0 Å². The van der Waals surface area contributed by atoms with Gasteiger partial charge in [0.2, 0.25) is 5.91 Å². The Morgan fingerprint density at radius 2 is 1.10 bits per heavy atom. The van der Waals surface area contributed by atoms with Gasteiger partial charge in [-0.15, -0.1) is 0 Å². The van der Waals surface area contributed by atoms with Crippen molar-refractivity contribution in [2.75, 3.05) is 13.2 Å². The summed E-state index contributed by atoms with van der Waals surface area (Å²) in [6, 6.07) is -0.897. The van der Waals surface area contributed by atoms with Crippen LogP contribution in [0.4, 0.5) is 0 Å². The molecule has 7 N–H and O–H groups in total. The molecule has 10 nitrogen and oxygen atoms in total. The van der Waals surface area contributed by atoms with Crippen LogP contribution in [0.2, 0.25) is 0 Å². The Morgan fingerprint density at radius 1 is 0.647 bits per heavy atom. The van der Waals surface area contributed by atoms with Crippen molar-refractivity contribution in [1.82, 2.24) is 5.32 Å². The third kappa shape index (κ3) is 23.3. The lowest BCUT2D eigenvalue weighted by Crippen LogP contribution is -2.60. The largest absolute Gasteiger partial charge is 0.394 e. The summed E-state index contributed by atoms with van der Waals surface area (Å²) in [6.45, 7) is 3.63. The number of unbranched alkanes of at least 4 members (excludes halogenated alkanes) is 21. The zero-order valence-corrected chi connectivity index (χ0v) is 32.5. The number of rotatable bonds is 34. The second kappa shape index (κ2) is 32.3. The summed E-state index contributed by atoms with van der Waals surface area (Å²) in [6.07, 6.45) is 24.0. The first kappa shape index (κ1) is 47.9. The third-order valence-electron chi connectivity index (χ3n) is 10.2. The Balaban J connectivity index is 2.47. The number of aliphatic hydroxyl groups excluding tert-OH is 6. The van der Waals surface area contributed by atoms with Crippen molar-refractivity contribution in [3.8, 4) is 0 Å². The Labute approximate surface area is 310 Å². The lowest BCUT2D eigenvalue weighted by atomic mass is 9.99. The highest BCUT2D eigenvalue weighted by atomic mass is 16.7. The highest BCUT2D eigenvalue weighted by Crippen LogP contribution is 2.23. The number of ether oxygens (including phenoxy) is 2. The van der Waals surface area contributed by atoms with Gasteiger partial charge in [-0.2, -0.15) is 0 Å².